The molecule has 2 N–H and O–H groups in total. The zero-order valence-electron chi connectivity index (χ0n) is 10.2. The van der Waals surface area contributed by atoms with Gasteiger partial charge in [0.05, 0.1) is 6.10 Å². The molecular weight excluding hydrogens is 186 g/mol. The third kappa shape index (κ3) is 2.36. The summed E-state index contributed by atoms with van der Waals surface area (Å²) >= 11 is 0. The van der Waals surface area contributed by atoms with Gasteiger partial charge in [-0.05, 0) is 37.5 Å². The first-order valence-electron chi connectivity index (χ1n) is 6.52. The van der Waals surface area contributed by atoms with Gasteiger partial charge in [0, 0.05) is 12.1 Å². The largest absolute Gasteiger partial charge is 0.378 e. The van der Waals surface area contributed by atoms with Crippen molar-refractivity contribution in [3.63, 3.8) is 0 Å². The lowest BCUT2D eigenvalue weighted by Gasteiger charge is -2.44. The normalized spacial score (nSPS) is 47.0. The minimum Gasteiger partial charge on any atom is -0.378 e. The van der Waals surface area contributed by atoms with E-state index in [1.54, 1.807) is 0 Å². The zero-order chi connectivity index (χ0) is 10.9. The van der Waals surface area contributed by atoms with Crippen molar-refractivity contribution in [1.82, 2.24) is 0 Å². The SMILES string of the molecule is CC1CCCC(N)(CC2CCCO2)C1C. The summed E-state index contributed by atoms with van der Waals surface area (Å²) < 4.78 is 5.72. The molecule has 0 aromatic carbocycles. The van der Waals surface area contributed by atoms with Crippen molar-refractivity contribution in [2.24, 2.45) is 17.6 Å². The fourth-order valence-corrected chi connectivity index (χ4v) is 3.31. The maximum atomic E-state index is 6.59. The smallest absolute Gasteiger partial charge is 0.0593 e. The molecule has 0 bridgehead atoms. The first kappa shape index (κ1) is 11.4. The molecule has 0 amide bonds. The molecule has 4 atom stereocenters. The lowest BCUT2D eigenvalue weighted by atomic mass is 9.66. The number of rotatable bonds is 2. The van der Waals surface area contributed by atoms with Crippen molar-refractivity contribution in [3.8, 4) is 0 Å². The summed E-state index contributed by atoms with van der Waals surface area (Å²) in [5, 5.41) is 0. The van der Waals surface area contributed by atoms with Gasteiger partial charge in [-0.2, -0.15) is 0 Å². The first-order valence-corrected chi connectivity index (χ1v) is 6.52. The molecule has 0 radical (unpaired) electrons. The van der Waals surface area contributed by atoms with E-state index in [0.29, 0.717) is 12.0 Å². The Kier molecular flexibility index (Phi) is 3.36. The summed E-state index contributed by atoms with van der Waals surface area (Å²) in [5.74, 6) is 1.43. The Morgan fingerprint density at radius 2 is 2.07 bits per heavy atom. The van der Waals surface area contributed by atoms with Crippen LogP contribution in [0.3, 0.4) is 0 Å². The van der Waals surface area contributed by atoms with E-state index < -0.39 is 0 Å². The third-order valence-electron chi connectivity index (χ3n) is 4.69. The van der Waals surface area contributed by atoms with Gasteiger partial charge in [0.25, 0.3) is 0 Å². The predicted octanol–water partition coefficient (Wildman–Crippen LogP) is 2.71. The van der Waals surface area contributed by atoms with Crippen LogP contribution in [0.2, 0.25) is 0 Å². The van der Waals surface area contributed by atoms with Crippen LogP contribution in [0.15, 0.2) is 0 Å². The van der Waals surface area contributed by atoms with Crippen molar-refractivity contribution in [3.05, 3.63) is 0 Å². The van der Waals surface area contributed by atoms with Crippen LogP contribution in [0.25, 0.3) is 0 Å². The fourth-order valence-electron chi connectivity index (χ4n) is 3.31. The Labute approximate surface area is 93.6 Å². The lowest BCUT2D eigenvalue weighted by molar-refractivity contribution is 0.0448. The summed E-state index contributed by atoms with van der Waals surface area (Å²) in [6.07, 6.45) is 7.82. The van der Waals surface area contributed by atoms with Crippen molar-refractivity contribution in [1.29, 1.82) is 0 Å². The molecule has 1 heterocycles. The molecule has 0 spiro atoms. The van der Waals surface area contributed by atoms with Crippen molar-refractivity contribution < 1.29 is 4.74 Å². The van der Waals surface area contributed by atoms with Gasteiger partial charge in [-0.3, -0.25) is 0 Å². The van der Waals surface area contributed by atoms with Gasteiger partial charge in [0.2, 0.25) is 0 Å². The average Bonchev–Trinajstić information content (AvgIpc) is 2.67. The Bertz CT molecular complexity index is 213. The van der Waals surface area contributed by atoms with E-state index in [2.05, 4.69) is 13.8 Å². The third-order valence-corrected chi connectivity index (χ3v) is 4.69. The van der Waals surface area contributed by atoms with Gasteiger partial charge in [0.1, 0.15) is 0 Å². The van der Waals surface area contributed by atoms with Crippen LogP contribution in [-0.2, 0) is 4.74 Å². The Balaban J connectivity index is 1.97. The predicted molar refractivity (Wildman–Crippen MR) is 62.7 cm³/mol. The second kappa shape index (κ2) is 4.42. The minimum atomic E-state index is 0.0483. The van der Waals surface area contributed by atoms with Crippen LogP contribution in [0.4, 0.5) is 0 Å². The van der Waals surface area contributed by atoms with E-state index in [9.17, 15) is 0 Å². The summed E-state index contributed by atoms with van der Waals surface area (Å²) in [4.78, 5) is 0. The first-order chi connectivity index (χ1) is 7.12. The molecule has 2 fully saturated rings. The molecular formula is C13H25NO. The van der Waals surface area contributed by atoms with Crippen LogP contribution in [0, 0.1) is 11.8 Å². The molecule has 0 aromatic heterocycles. The van der Waals surface area contributed by atoms with Gasteiger partial charge in [-0.1, -0.05) is 26.7 Å². The molecule has 4 unspecified atom stereocenters. The molecule has 2 rings (SSSR count). The van der Waals surface area contributed by atoms with Gasteiger partial charge in [-0.15, -0.1) is 0 Å². The number of hydrogen-bond donors (Lipinski definition) is 1. The zero-order valence-corrected chi connectivity index (χ0v) is 10.2. The monoisotopic (exact) mass is 211 g/mol. The van der Waals surface area contributed by atoms with E-state index in [0.717, 1.165) is 18.9 Å². The van der Waals surface area contributed by atoms with Crippen LogP contribution < -0.4 is 5.73 Å². The highest BCUT2D eigenvalue weighted by molar-refractivity contribution is 4.97. The van der Waals surface area contributed by atoms with Gasteiger partial charge in [-0.25, -0.2) is 0 Å². The van der Waals surface area contributed by atoms with Crippen LogP contribution >= 0.6 is 0 Å². The number of hydrogen-bond acceptors (Lipinski definition) is 2. The van der Waals surface area contributed by atoms with Crippen molar-refractivity contribution in [2.45, 2.75) is 64.0 Å². The molecule has 88 valence electrons. The summed E-state index contributed by atoms with van der Waals surface area (Å²) in [7, 11) is 0. The molecule has 1 saturated carbocycles. The fraction of sp³-hybridized carbons (Fsp3) is 1.00. The second-order valence-corrected chi connectivity index (χ2v) is 5.73. The highest BCUT2D eigenvalue weighted by Gasteiger charge is 2.40. The molecule has 2 heteroatoms. The van der Waals surface area contributed by atoms with E-state index in [-0.39, 0.29) is 5.54 Å². The molecule has 1 saturated heterocycles. The van der Waals surface area contributed by atoms with Gasteiger partial charge in [0.15, 0.2) is 0 Å². The van der Waals surface area contributed by atoms with E-state index in [1.165, 1.54) is 32.1 Å². The lowest BCUT2D eigenvalue weighted by Crippen LogP contribution is -2.52. The van der Waals surface area contributed by atoms with Crippen LogP contribution in [0.5, 0.6) is 0 Å². The molecule has 1 aliphatic carbocycles. The maximum absolute atomic E-state index is 6.59. The summed E-state index contributed by atoms with van der Waals surface area (Å²) in [6, 6.07) is 0. The van der Waals surface area contributed by atoms with E-state index in [1.807, 2.05) is 0 Å². The number of ether oxygens (including phenoxy) is 1. The standard InChI is InChI=1S/C13H25NO/c1-10-5-3-7-13(14,11(10)2)9-12-6-4-8-15-12/h10-12H,3-9,14H2,1-2H3. The molecule has 1 aliphatic heterocycles. The molecule has 15 heavy (non-hydrogen) atoms. The Morgan fingerprint density at radius 1 is 1.27 bits per heavy atom. The maximum Gasteiger partial charge on any atom is 0.0593 e. The van der Waals surface area contributed by atoms with E-state index >= 15 is 0 Å². The molecule has 0 aromatic rings. The molecule has 2 nitrogen and oxygen atoms in total. The highest BCUT2D eigenvalue weighted by atomic mass is 16.5. The van der Waals surface area contributed by atoms with Crippen molar-refractivity contribution in [2.75, 3.05) is 6.61 Å². The average molecular weight is 211 g/mol. The van der Waals surface area contributed by atoms with Crippen LogP contribution in [0.1, 0.15) is 52.4 Å². The summed E-state index contributed by atoms with van der Waals surface area (Å²) in [6.45, 7) is 5.63. The molecule has 2 aliphatic rings. The van der Waals surface area contributed by atoms with Gasteiger partial charge >= 0.3 is 0 Å². The topological polar surface area (TPSA) is 35.2 Å². The Morgan fingerprint density at radius 3 is 2.73 bits per heavy atom. The Hall–Kier alpha value is -0.0800. The highest BCUT2D eigenvalue weighted by Crippen LogP contribution is 2.40. The van der Waals surface area contributed by atoms with Crippen molar-refractivity contribution >= 4 is 0 Å². The van der Waals surface area contributed by atoms with E-state index in [4.69, 9.17) is 10.5 Å². The summed E-state index contributed by atoms with van der Waals surface area (Å²) in [5.41, 5.74) is 6.64. The quantitative estimate of drug-likeness (QED) is 0.762. The minimum absolute atomic E-state index is 0.0483. The second-order valence-electron chi connectivity index (χ2n) is 5.73. The van der Waals surface area contributed by atoms with Gasteiger partial charge < -0.3 is 10.5 Å². The number of nitrogens with two attached hydrogens (primary N) is 1. The van der Waals surface area contributed by atoms with Crippen LogP contribution in [-0.4, -0.2) is 18.2 Å².